The molecule has 0 aromatic heterocycles. The van der Waals surface area contributed by atoms with Gasteiger partial charge in [-0.2, -0.15) is 0 Å². The number of hydrogen-bond donors (Lipinski definition) is 3. The number of nitrogens with zero attached hydrogens (tertiary/aromatic N) is 2. The number of aliphatic imine (C=N–C) groups is 1. The Bertz CT molecular complexity index is 566. The highest BCUT2D eigenvalue weighted by molar-refractivity contribution is 5.80. The van der Waals surface area contributed by atoms with Gasteiger partial charge in [0.2, 0.25) is 0 Å². The summed E-state index contributed by atoms with van der Waals surface area (Å²) >= 11 is 0. The zero-order valence-electron chi connectivity index (χ0n) is 19.1. The lowest BCUT2D eigenvalue weighted by Gasteiger charge is -2.23. The first-order valence-electron chi connectivity index (χ1n) is 10.4. The summed E-state index contributed by atoms with van der Waals surface area (Å²) in [4.78, 5) is 30.4. The molecule has 0 aliphatic carbocycles. The number of rotatable bonds is 6. The smallest absolute Gasteiger partial charge is 0.407 e. The van der Waals surface area contributed by atoms with Crippen molar-refractivity contribution in [3.8, 4) is 0 Å². The van der Waals surface area contributed by atoms with Gasteiger partial charge in [0.1, 0.15) is 11.2 Å². The van der Waals surface area contributed by atoms with E-state index in [4.69, 9.17) is 9.47 Å². The zero-order chi connectivity index (χ0) is 22.1. The van der Waals surface area contributed by atoms with Gasteiger partial charge in [-0.15, -0.1) is 0 Å². The van der Waals surface area contributed by atoms with Gasteiger partial charge in [0.25, 0.3) is 0 Å². The van der Waals surface area contributed by atoms with E-state index >= 15 is 0 Å². The number of alkyl carbamates (subject to hydrolysis) is 2. The normalized spacial score (nSPS) is 17.7. The summed E-state index contributed by atoms with van der Waals surface area (Å²) in [7, 11) is 0. The van der Waals surface area contributed by atoms with Gasteiger partial charge in [0, 0.05) is 32.7 Å². The van der Waals surface area contributed by atoms with Crippen LogP contribution in [0.25, 0.3) is 0 Å². The molecule has 1 heterocycles. The number of ether oxygens (including phenoxy) is 2. The lowest BCUT2D eigenvalue weighted by Crippen LogP contribution is -2.44. The van der Waals surface area contributed by atoms with Crippen molar-refractivity contribution < 1.29 is 19.1 Å². The van der Waals surface area contributed by atoms with Crippen LogP contribution >= 0.6 is 0 Å². The quantitative estimate of drug-likeness (QED) is 0.351. The molecule has 0 aromatic rings. The molecule has 3 N–H and O–H groups in total. The lowest BCUT2D eigenvalue weighted by atomic mass is 10.2. The second kappa shape index (κ2) is 11.1. The Balaban J connectivity index is 2.42. The van der Waals surface area contributed by atoms with E-state index in [0.717, 1.165) is 25.5 Å². The highest BCUT2D eigenvalue weighted by Crippen LogP contribution is 2.12. The van der Waals surface area contributed by atoms with Crippen molar-refractivity contribution >= 4 is 18.1 Å². The molecule has 0 spiro atoms. The predicted octanol–water partition coefficient (Wildman–Crippen LogP) is 2.47. The SMILES string of the molecule is CCNC(=NCCCNC(=O)OC(C)(C)C)N1CCC(NC(=O)OC(C)(C)C)C1. The third-order valence-electron chi connectivity index (χ3n) is 3.81. The predicted molar refractivity (Wildman–Crippen MR) is 114 cm³/mol. The van der Waals surface area contributed by atoms with Gasteiger partial charge in [-0.05, 0) is 61.3 Å². The highest BCUT2D eigenvalue weighted by atomic mass is 16.6. The van der Waals surface area contributed by atoms with Gasteiger partial charge in [0.15, 0.2) is 5.96 Å². The Labute approximate surface area is 175 Å². The van der Waals surface area contributed by atoms with E-state index in [2.05, 4.69) is 25.8 Å². The maximum Gasteiger partial charge on any atom is 0.407 e. The Kier molecular flexibility index (Phi) is 9.52. The van der Waals surface area contributed by atoms with Crippen LogP contribution in [0.4, 0.5) is 9.59 Å². The average Bonchev–Trinajstić information content (AvgIpc) is 2.98. The van der Waals surface area contributed by atoms with Crippen molar-refractivity contribution in [1.29, 1.82) is 0 Å². The maximum absolute atomic E-state index is 12.0. The minimum absolute atomic E-state index is 0.0301. The minimum atomic E-state index is -0.508. The van der Waals surface area contributed by atoms with Crippen LogP contribution < -0.4 is 16.0 Å². The summed E-state index contributed by atoms with van der Waals surface area (Å²) in [5.41, 5.74) is -1.01. The summed E-state index contributed by atoms with van der Waals surface area (Å²) in [6.45, 7) is 16.4. The summed E-state index contributed by atoms with van der Waals surface area (Å²) in [6.07, 6.45) is 0.745. The molecule has 0 bridgehead atoms. The Morgan fingerprint density at radius 1 is 1.03 bits per heavy atom. The third kappa shape index (κ3) is 11.4. The van der Waals surface area contributed by atoms with Crippen LogP contribution in [-0.2, 0) is 9.47 Å². The number of likely N-dealkylation sites (tertiary alicyclic amines) is 1. The summed E-state index contributed by atoms with van der Waals surface area (Å²) < 4.78 is 10.5. The molecule has 1 aliphatic rings. The van der Waals surface area contributed by atoms with Crippen molar-refractivity contribution in [1.82, 2.24) is 20.9 Å². The lowest BCUT2D eigenvalue weighted by molar-refractivity contribution is 0.0501. The Morgan fingerprint density at radius 2 is 1.66 bits per heavy atom. The van der Waals surface area contributed by atoms with Crippen molar-refractivity contribution in [2.24, 2.45) is 4.99 Å². The number of hydrogen-bond acceptors (Lipinski definition) is 5. The molecule has 9 heteroatoms. The van der Waals surface area contributed by atoms with Gasteiger partial charge in [-0.25, -0.2) is 9.59 Å². The fraction of sp³-hybridized carbons (Fsp3) is 0.850. The van der Waals surface area contributed by atoms with Crippen LogP contribution in [-0.4, -0.2) is 73.0 Å². The van der Waals surface area contributed by atoms with E-state index < -0.39 is 17.3 Å². The number of guanidine groups is 1. The standard InChI is InChI=1S/C20H39N5O4/c1-8-21-16(22-11-9-12-23-17(26)28-19(2,3)4)25-13-10-15(14-25)24-18(27)29-20(5,6)7/h15H,8-14H2,1-7H3,(H,21,22)(H,23,26)(H,24,27). The number of carbonyl (C=O) groups excluding carboxylic acids is 2. The van der Waals surface area contributed by atoms with E-state index in [-0.39, 0.29) is 12.1 Å². The molecule has 168 valence electrons. The van der Waals surface area contributed by atoms with Crippen LogP contribution in [0.5, 0.6) is 0 Å². The largest absolute Gasteiger partial charge is 0.444 e. The first-order valence-corrected chi connectivity index (χ1v) is 10.4. The Hall–Kier alpha value is -2.19. The first-order chi connectivity index (χ1) is 13.4. The molecule has 0 radical (unpaired) electrons. The average molecular weight is 414 g/mol. The van der Waals surface area contributed by atoms with Crippen LogP contribution in [0.2, 0.25) is 0 Å². The van der Waals surface area contributed by atoms with Crippen molar-refractivity contribution in [3.05, 3.63) is 0 Å². The number of nitrogens with one attached hydrogen (secondary N) is 3. The zero-order valence-corrected chi connectivity index (χ0v) is 19.1. The van der Waals surface area contributed by atoms with Crippen molar-refractivity contribution in [3.63, 3.8) is 0 Å². The van der Waals surface area contributed by atoms with Gasteiger partial charge in [0.05, 0.1) is 6.04 Å². The summed E-state index contributed by atoms with van der Waals surface area (Å²) in [5.74, 6) is 0.818. The summed E-state index contributed by atoms with van der Waals surface area (Å²) in [6, 6.07) is 0.0301. The van der Waals surface area contributed by atoms with Gasteiger partial charge < -0.3 is 30.3 Å². The van der Waals surface area contributed by atoms with E-state index in [1.165, 1.54) is 0 Å². The number of amides is 2. The van der Waals surface area contributed by atoms with Crippen molar-refractivity contribution in [2.75, 3.05) is 32.7 Å². The third-order valence-corrected chi connectivity index (χ3v) is 3.81. The molecule has 1 fully saturated rings. The van der Waals surface area contributed by atoms with Crippen LogP contribution in [0.15, 0.2) is 4.99 Å². The first kappa shape index (κ1) is 24.8. The topological polar surface area (TPSA) is 104 Å². The molecule has 1 unspecified atom stereocenters. The molecule has 1 rings (SSSR count). The van der Waals surface area contributed by atoms with Crippen molar-refractivity contribution in [2.45, 2.75) is 78.6 Å². The van der Waals surface area contributed by atoms with Crippen LogP contribution in [0.3, 0.4) is 0 Å². The second-order valence-corrected chi connectivity index (χ2v) is 9.10. The fourth-order valence-corrected chi connectivity index (χ4v) is 2.74. The highest BCUT2D eigenvalue weighted by Gasteiger charge is 2.27. The van der Waals surface area contributed by atoms with E-state index in [9.17, 15) is 9.59 Å². The van der Waals surface area contributed by atoms with Gasteiger partial charge in [-0.1, -0.05) is 0 Å². The van der Waals surface area contributed by atoms with E-state index in [1.54, 1.807) is 0 Å². The molecule has 0 saturated carbocycles. The molecule has 2 amide bonds. The second-order valence-electron chi connectivity index (χ2n) is 9.10. The molecule has 0 aromatic carbocycles. The fourth-order valence-electron chi connectivity index (χ4n) is 2.74. The van der Waals surface area contributed by atoms with Crippen LogP contribution in [0.1, 0.15) is 61.3 Å². The molecule has 1 atom stereocenters. The van der Waals surface area contributed by atoms with Crippen LogP contribution in [0, 0.1) is 0 Å². The van der Waals surface area contributed by atoms with Gasteiger partial charge in [-0.3, -0.25) is 4.99 Å². The van der Waals surface area contributed by atoms with Gasteiger partial charge >= 0.3 is 12.2 Å². The molecule has 1 aliphatic heterocycles. The molecular formula is C20H39N5O4. The monoisotopic (exact) mass is 413 g/mol. The molecular weight excluding hydrogens is 374 g/mol. The maximum atomic E-state index is 12.0. The minimum Gasteiger partial charge on any atom is -0.444 e. The molecule has 1 saturated heterocycles. The Morgan fingerprint density at radius 3 is 2.24 bits per heavy atom. The van der Waals surface area contributed by atoms with E-state index in [0.29, 0.717) is 26.1 Å². The van der Waals surface area contributed by atoms with E-state index in [1.807, 2.05) is 48.5 Å². The molecule has 9 nitrogen and oxygen atoms in total. The number of carbonyl (C=O) groups is 2. The summed E-state index contributed by atoms with van der Waals surface area (Å²) in [5, 5.41) is 8.95. The molecule has 29 heavy (non-hydrogen) atoms.